The van der Waals surface area contributed by atoms with Crippen LogP contribution in [-0.2, 0) is 14.3 Å². The van der Waals surface area contributed by atoms with Crippen molar-refractivity contribution in [3.63, 3.8) is 0 Å². The van der Waals surface area contributed by atoms with Crippen molar-refractivity contribution in [2.75, 3.05) is 12.9 Å². The van der Waals surface area contributed by atoms with E-state index in [0.29, 0.717) is 6.42 Å². The number of rotatable bonds is 6. The van der Waals surface area contributed by atoms with Crippen LogP contribution in [0.2, 0.25) is 0 Å². The summed E-state index contributed by atoms with van der Waals surface area (Å²) in [6.07, 6.45) is 0.515. The van der Waals surface area contributed by atoms with Crippen LogP contribution in [0, 0.1) is 0 Å². The average molecular weight is 346 g/mol. The molecule has 0 saturated carbocycles. The van der Waals surface area contributed by atoms with Crippen molar-refractivity contribution in [2.45, 2.75) is 24.3 Å². The quantitative estimate of drug-likeness (QED) is 0.636. The molecule has 1 N–H and O–H groups in total. The van der Waals surface area contributed by atoms with E-state index < -0.39 is 12.0 Å². The number of esters is 1. The van der Waals surface area contributed by atoms with Crippen LogP contribution in [0.25, 0.3) is 0 Å². The number of halogens is 1. The molecule has 1 unspecified atom stereocenters. The van der Waals surface area contributed by atoms with Gasteiger partial charge < -0.3 is 10.1 Å². The van der Waals surface area contributed by atoms with Gasteiger partial charge in [0.05, 0.1) is 12.9 Å². The van der Waals surface area contributed by atoms with Gasteiger partial charge in [-0.1, -0.05) is 22.9 Å². The third-order valence-corrected chi connectivity index (χ3v) is 3.95. The Morgan fingerprint density at radius 2 is 2.00 bits per heavy atom. The van der Waals surface area contributed by atoms with Crippen LogP contribution in [-0.4, -0.2) is 30.8 Å². The van der Waals surface area contributed by atoms with Crippen LogP contribution < -0.4 is 5.32 Å². The van der Waals surface area contributed by atoms with E-state index in [4.69, 9.17) is 0 Å². The topological polar surface area (TPSA) is 55.4 Å². The number of hydrogen-bond acceptors (Lipinski definition) is 4. The fraction of sp³-hybridized carbons (Fsp3) is 0.385. The first-order valence-corrected chi connectivity index (χ1v) is 7.60. The van der Waals surface area contributed by atoms with Crippen molar-refractivity contribution in [1.29, 1.82) is 0 Å². The van der Waals surface area contributed by atoms with Gasteiger partial charge in [-0.3, -0.25) is 4.79 Å². The summed E-state index contributed by atoms with van der Waals surface area (Å²) in [6, 6.07) is 7.13. The Morgan fingerprint density at radius 1 is 1.37 bits per heavy atom. The van der Waals surface area contributed by atoms with Crippen LogP contribution in [0.5, 0.6) is 0 Å². The van der Waals surface area contributed by atoms with Crippen LogP contribution in [0.3, 0.4) is 0 Å². The van der Waals surface area contributed by atoms with Crippen LogP contribution in [0.1, 0.15) is 13.3 Å². The molecule has 0 bridgehead atoms. The molecule has 0 saturated heterocycles. The van der Waals surface area contributed by atoms with E-state index in [1.54, 1.807) is 0 Å². The van der Waals surface area contributed by atoms with Gasteiger partial charge in [-0.25, -0.2) is 4.79 Å². The first-order chi connectivity index (χ1) is 9.06. The summed E-state index contributed by atoms with van der Waals surface area (Å²) in [5.41, 5.74) is 0. The summed E-state index contributed by atoms with van der Waals surface area (Å²) < 4.78 is 5.61. The van der Waals surface area contributed by atoms with Gasteiger partial charge in [-0.05, 0) is 30.7 Å². The standard InChI is InChI=1S/C13H16BrNO3S/c1-3-11(13(17)18-2)15-12(16)8-19-10-6-4-9(14)5-7-10/h4-7,11H,3,8H2,1-2H3,(H,15,16). The number of carbonyl (C=O) groups excluding carboxylic acids is 2. The largest absolute Gasteiger partial charge is 0.467 e. The summed E-state index contributed by atoms with van der Waals surface area (Å²) in [5.74, 6) is -0.315. The maximum atomic E-state index is 11.7. The highest BCUT2D eigenvalue weighted by Gasteiger charge is 2.18. The monoisotopic (exact) mass is 345 g/mol. The SMILES string of the molecule is CCC(NC(=O)CSc1ccc(Br)cc1)C(=O)OC. The van der Waals surface area contributed by atoms with E-state index in [0.717, 1.165) is 9.37 Å². The number of hydrogen-bond donors (Lipinski definition) is 1. The molecule has 0 radical (unpaired) electrons. The molecule has 104 valence electrons. The third kappa shape index (κ3) is 5.65. The van der Waals surface area contributed by atoms with Crippen molar-refractivity contribution >= 4 is 39.6 Å². The number of benzene rings is 1. The van der Waals surface area contributed by atoms with Crippen LogP contribution in [0.4, 0.5) is 0 Å². The smallest absolute Gasteiger partial charge is 0.328 e. The molecule has 0 aliphatic heterocycles. The third-order valence-electron chi connectivity index (χ3n) is 2.41. The molecular formula is C13H16BrNO3S. The minimum absolute atomic E-state index is 0.176. The number of ether oxygens (including phenoxy) is 1. The molecule has 0 aliphatic carbocycles. The first kappa shape index (κ1) is 16.0. The molecule has 1 rings (SSSR count). The van der Waals surface area contributed by atoms with E-state index >= 15 is 0 Å². The number of thioether (sulfide) groups is 1. The fourth-order valence-electron chi connectivity index (χ4n) is 1.39. The normalized spacial score (nSPS) is 11.7. The Hall–Kier alpha value is -1.01. The second-order valence-electron chi connectivity index (χ2n) is 3.79. The molecule has 0 aromatic heterocycles. The second kappa shape index (κ2) is 8.22. The second-order valence-corrected chi connectivity index (χ2v) is 5.76. The van der Waals surface area contributed by atoms with Crippen LogP contribution >= 0.6 is 27.7 Å². The highest BCUT2D eigenvalue weighted by molar-refractivity contribution is 9.10. The Morgan fingerprint density at radius 3 is 2.53 bits per heavy atom. The molecule has 6 heteroatoms. The Balaban J connectivity index is 2.42. The average Bonchev–Trinajstić information content (AvgIpc) is 2.43. The summed E-state index contributed by atoms with van der Waals surface area (Å²) in [5, 5.41) is 2.66. The molecule has 4 nitrogen and oxygen atoms in total. The predicted octanol–water partition coefficient (Wildman–Crippen LogP) is 2.61. The summed E-state index contributed by atoms with van der Waals surface area (Å²) in [7, 11) is 1.31. The first-order valence-electron chi connectivity index (χ1n) is 5.82. The lowest BCUT2D eigenvalue weighted by atomic mass is 10.2. The zero-order chi connectivity index (χ0) is 14.3. The number of methoxy groups -OCH3 is 1. The summed E-state index contributed by atoms with van der Waals surface area (Å²) >= 11 is 4.78. The predicted molar refractivity (Wildman–Crippen MR) is 79.1 cm³/mol. The molecular weight excluding hydrogens is 330 g/mol. The van der Waals surface area contributed by atoms with Gasteiger partial charge in [0.1, 0.15) is 6.04 Å². The molecule has 0 fully saturated rings. The van der Waals surface area contributed by atoms with Gasteiger partial charge in [-0.15, -0.1) is 11.8 Å². The molecule has 1 amide bonds. The molecule has 1 aromatic carbocycles. The lowest BCUT2D eigenvalue weighted by Crippen LogP contribution is -2.41. The maximum Gasteiger partial charge on any atom is 0.328 e. The van der Waals surface area contributed by atoms with Gasteiger partial charge in [0.2, 0.25) is 5.91 Å². The minimum atomic E-state index is -0.567. The Labute approximate surface area is 125 Å². The minimum Gasteiger partial charge on any atom is -0.467 e. The summed E-state index contributed by atoms with van der Waals surface area (Å²) in [6.45, 7) is 1.82. The Kier molecular flexibility index (Phi) is 6.94. The number of carbonyl (C=O) groups is 2. The van der Waals surface area contributed by atoms with E-state index in [2.05, 4.69) is 26.0 Å². The zero-order valence-corrected chi connectivity index (χ0v) is 13.2. The summed E-state index contributed by atoms with van der Waals surface area (Å²) in [4.78, 5) is 24.1. The van der Waals surface area contributed by atoms with E-state index in [-0.39, 0.29) is 11.7 Å². The number of nitrogens with one attached hydrogen (secondary N) is 1. The lowest BCUT2D eigenvalue weighted by Gasteiger charge is -2.14. The zero-order valence-electron chi connectivity index (χ0n) is 10.8. The molecule has 0 spiro atoms. The van der Waals surface area contributed by atoms with Gasteiger partial charge in [-0.2, -0.15) is 0 Å². The molecule has 19 heavy (non-hydrogen) atoms. The lowest BCUT2D eigenvalue weighted by molar-refractivity contribution is -0.144. The molecule has 1 aromatic rings. The molecule has 1 atom stereocenters. The van der Waals surface area contributed by atoms with E-state index in [1.165, 1.54) is 18.9 Å². The highest BCUT2D eigenvalue weighted by Crippen LogP contribution is 2.20. The van der Waals surface area contributed by atoms with Crippen molar-refractivity contribution in [3.8, 4) is 0 Å². The van der Waals surface area contributed by atoms with Gasteiger partial charge >= 0.3 is 5.97 Å². The maximum absolute atomic E-state index is 11.7. The Bertz CT molecular complexity index is 436. The van der Waals surface area contributed by atoms with Crippen LogP contribution in [0.15, 0.2) is 33.6 Å². The van der Waals surface area contributed by atoms with Gasteiger partial charge in [0.15, 0.2) is 0 Å². The fourth-order valence-corrected chi connectivity index (χ4v) is 2.36. The van der Waals surface area contributed by atoms with E-state index in [1.807, 2.05) is 31.2 Å². The van der Waals surface area contributed by atoms with Crippen molar-refractivity contribution in [2.24, 2.45) is 0 Å². The van der Waals surface area contributed by atoms with Crippen molar-refractivity contribution in [1.82, 2.24) is 5.32 Å². The van der Waals surface area contributed by atoms with Crippen molar-refractivity contribution < 1.29 is 14.3 Å². The number of amides is 1. The molecule has 0 aliphatic rings. The van der Waals surface area contributed by atoms with Gasteiger partial charge in [0, 0.05) is 9.37 Å². The van der Waals surface area contributed by atoms with Crippen molar-refractivity contribution in [3.05, 3.63) is 28.7 Å². The van der Waals surface area contributed by atoms with Gasteiger partial charge in [0.25, 0.3) is 0 Å². The molecule has 0 heterocycles. The van der Waals surface area contributed by atoms with E-state index in [9.17, 15) is 9.59 Å². The highest BCUT2D eigenvalue weighted by atomic mass is 79.9.